The van der Waals surface area contributed by atoms with Crippen molar-refractivity contribution in [1.29, 1.82) is 0 Å². The van der Waals surface area contributed by atoms with Gasteiger partial charge in [0.1, 0.15) is 11.3 Å². The van der Waals surface area contributed by atoms with Crippen LogP contribution in [0.25, 0.3) is 33.5 Å². The summed E-state index contributed by atoms with van der Waals surface area (Å²) in [6.07, 6.45) is 5.29. The Morgan fingerprint density at radius 3 is 2.50 bits per heavy atom. The third-order valence-electron chi connectivity index (χ3n) is 4.82. The molecule has 4 aromatic rings. The summed E-state index contributed by atoms with van der Waals surface area (Å²) >= 11 is 0. The number of nitrogens with two attached hydrogens (primary N) is 1. The molecule has 6 nitrogen and oxygen atoms in total. The highest BCUT2D eigenvalue weighted by molar-refractivity contribution is 7.69. The molecule has 8 heteroatoms. The van der Waals surface area contributed by atoms with Crippen LogP contribution in [-0.4, -0.2) is 23.4 Å². The Morgan fingerprint density at radius 1 is 1.07 bits per heavy atom. The lowest BCUT2D eigenvalue weighted by Crippen LogP contribution is -1.96. The average Bonchev–Trinajstić information content (AvgIpc) is 3.20. The van der Waals surface area contributed by atoms with Crippen molar-refractivity contribution in [3.63, 3.8) is 0 Å². The van der Waals surface area contributed by atoms with Gasteiger partial charge in [-0.25, -0.2) is 27.9 Å². The summed E-state index contributed by atoms with van der Waals surface area (Å²) in [6, 6.07) is 13.5. The number of aromatic amines is 1. The van der Waals surface area contributed by atoms with Crippen LogP contribution in [0.3, 0.4) is 0 Å². The summed E-state index contributed by atoms with van der Waals surface area (Å²) in [5.74, 6) is -0.282. The first-order chi connectivity index (χ1) is 14.4. The summed E-state index contributed by atoms with van der Waals surface area (Å²) in [4.78, 5) is 11.8. The van der Waals surface area contributed by atoms with Crippen LogP contribution >= 0.6 is 0 Å². The van der Waals surface area contributed by atoms with Crippen molar-refractivity contribution in [3.8, 4) is 22.4 Å². The fourth-order valence-corrected chi connectivity index (χ4v) is 3.50. The molecule has 156 valence electrons. The lowest BCUT2D eigenvalue weighted by atomic mass is 9.92. The molecule has 2 heterocycles. The number of H-pyrrole nitrogens is 1. The van der Waals surface area contributed by atoms with E-state index >= 15 is 0 Å². The Hall–Kier alpha value is -3.10. The number of hydrogen-bond acceptors (Lipinski definition) is 4. The van der Waals surface area contributed by atoms with Crippen LogP contribution in [0.15, 0.2) is 54.9 Å². The third kappa shape index (κ3) is 4.72. The van der Waals surface area contributed by atoms with Crippen LogP contribution in [0.4, 0.5) is 4.39 Å². The fraction of sp³-hybridized carbons (Fsp3) is 0.182. The summed E-state index contributed by atoms with van der Waals surface area (Å²) in [6.45, 7) is 4.29. The predicted octanol–water partition coefficient (Wildman–Crippen LogP) is 4.03. The molecule has 3 N–H and O–H groups in total. The molecule has 0 saturated carbocycles. The molecule has 2 aromatic carbocycles. The predicted molar refractivity (Wildman–Crippen MR) is 118 cm³/mol. The second-order valence-corrected chi connectivity index (χ2v) is 7.17. The van der Waals surface area contributed by atoms with Crippen LogP contribution in [0.1, 0.15) is 25.0 Å². The number of nitrogens with zero attached hydrogens (tertiary/aromatic N) is 2. The summed E-state index contributed by atoms with van der Waals surface area (Å²) < 4.78 is 32.5. The minimum Gasteiger partial charge on any atom is -0.345 e. The molecule has 0 unspecified atom stereocenters. The van der Waals surface area contributed by atoms with Gasteiger partial charge in [-0.05, 0) is 53.3 Å². The standard InChI is InChI=1S/C22H20FN3.H3NO2S/c1-3-14-6-5-7-17(16(14)4-2)15-8-9-18(19(23)12-15)21-13-25-22-20(26-21)10-11-24-22;1-4(2)3/h5-13H,3-4H2,1-2H3,(H,24,25);4H,(H2,1,2,3). The molecule has 0 fully saturated rings. The molecule has 0 amide bonds. The molecular weight excluding hydrogens is 403 g/mol. The first-order valence-electron chi connectivity index (χ1n) is 9.54. The van der Waals surface area contributed by atoms with Crippen LogP contribution in [0.2, 0.25) is 0 Å². The Balaban J connectivity index is 0.000000589. The van der Waals surface area contributed by atoms with Gasteiger partial charge in [-0.15, -0.1) is 0 Å². The number of aryl methyl sites for hydroxylation is 1. The molecular formula is C22H23FN4O2S. The maximum Gasteiger partial charge on any atom is 0.198 e. The molecule has 30 heavy (non-hydrogen) atoms. The molecule has 0 atom stereocenters. The molecule has 0 spiro atoms. The van der Waals surface area contributed by atoms with Crippen molar-refractivity contribution in [3.05, 3.63) is 71.8 Å². The number of aromatic nitrogens is 3. The van der Waals surface area contributed by atoms with Gasteiger partial charge in [-0.2, -0.15) is 0 Å². The molecule has 0 bridgehead atoms. The van der Waals surface area contributed by atoms with Crippen molar-refractivity contribution in [1.82, 2.24) is 15.0 Å². The largest absolute Gasteiger partial charge is 0.345 e. The van der Waals surface area contributed by atoms with Gasteiger partial charge >= 0.3 is 0 Å². The highest BCUT2D eigenvalue weighted by atomic mass is 32.2. The number of nitrogens with one attached hydrogen (secondary N) is 1. The van der Waals surface area contributed by atoms with Crippen molar-refractivity contribution in [2.24, 2.45) is 5.14 Å². The van der Waals surface area contributed by atoms with Crippen molar-refractivity contribution in [2.45, 2.75) is 26.7 Å². The molecule has 0 saturated heterocycles. The lowest BCUT2D eigenvalue weighted by molar-refractivity contribution is 0.616. The smallest absolute Gasteiger partial charge is 0.198 e. The fourth-order valence-electron chi connectivity index (χ4n) is 3.50. The molecule has 0 aliphatic rings. The minimum atomic E-state index is -2.62. The molecule has 4 rings (SSSR count). The van der Waals surface area contributed by atoms with E-state index in [2.05, 4.69) is 46.1 Å². The zero-order chi connectivity index (χ0) is 21.7. The monoisotopic (exact) mass is 426 g/mol. The average molecular weight is 427 g/mol. The van der Waals surface area contributed by atoms with E-state index in [4.69, 9.17) is 8.42 Å². The Labute approximate surface area is 176 Å². The maximum absolute atomic E-state index is 14.9. The van der Waals surface area contributed by atoms with Crippen LogP contribution in [0, 0.1) is 5.82 Å². The second kappa shape index (κ2) is 9.60. The zero-order valence-electron chi connectivity index (χ0n) is 16.7. The van der Waals surface area contributed by atoms with Gasteiger partial charge in [0.25, 0.3) is 0 Å². The Kier molecular flexibility index (Phi) is 6.91. The van der Waals surface area contributed by atoms with E-state index in [9.17, 15) is 4.39 Å². The van der Waals surface area contributed by atoms with Crippen molar-refractivity contribution >= 4 is 22.1 Å². The quantitative estimate of drug-likeness (QED) is 0.429. The van der Waals surface area contributed by atoms with Crippen LogP contribution in [0.5, 0.6) is 0 Å². The van der Waals surface area contributed by atoms with Crippen LogP contribution < -0.4 is 5.14 Å². The first kappa shape index (κ1) is 21.6. The van der Waals surface area contributed by atoms with E-state index in [1.807, 2.05) is 18.2 Å². The number of benzene rings is 2. The number of thiol groups is 1. The number of rotatable bonds is 4. The molecule has 2 aromatic heterocycles. The number of halogens is 1. The van der Waals surface area contributed by atoms with E-state index < -0.39 is 10.9 Å². The highest BCUT2D eigenvalue weighted by Crippen LogP contribution is 2.31. The maximum atomic E-state index is 14.9. The van der Waals surface area contributed by atoms with Crippen molar-refractivity contribution in [2.75, 3.05) is 0 Å². The Morgan fingerprint density at radius 2 is 1.83 bits per heavy atom. The second-order valence-electron chi connectivity index (χ2n) is 6.60. The normalized spacial score (nSPS) is 10.8. The van der Waals surface area contributed by atoms with E-state index in [1.54, 1.807) is 24.5 Å². The van der Waals surface area contributed by atoms with E-state index in [-0.39, 0.29) is 5.82 Å². The topological polar surface area (TPSA) is 102 Å². The lowest BCUT2D eigenvalue weighted by Gasteiger charge is -2.13. The molecule has 0 aliphatic heterocycles. The van der Waals surface area contributed by atoms with Gasteiger partial charge in [0.2, 0.25) is 0 Å². The van der Waals surface area contributed by atoms with Crippen molar-refractivity contribution < 1.29 is 12.8 Å². The summed E-state index contributed by atoms with van der Waals surface area (Å²) in [5, 5.41) is 4.06. The summed E-state index contributed by atoms with van der Waals surface area (Å²) in [7, 11) is -2.62. The van der Waals surface area contributed by atoms with Crippen LogP contribution in [-0.2, 0) is 23.7 Å². The van der Waals surface area contributed by atoms with Gasteiger partial charge < -0.3 is 4.98 Å². The van der Waals surface area contributed by atoms with Gasteiger partial charge in [0.05, 0.1) is 11.9 Å². The van der Waals surface area contributed by atoms with Gasteiger partial charge in [0.15, 0.2) is 16.5 Å². The third-order valence-corrected chi connectivity index (χ3v) is 4.82. The minimum absolute atomic E-state index is 0.282. The Bertz CT molecular complexity index is 1240. The first-order valence-corrected chi connectivity index (χ1v) is 10.8. The molecule has 0 aliphatic carbocycles. The van der Waals surface area contributed by atoms with E-state index in [0.717, 1.165) is 29.5 Å². The zero-order valence-corrected chi connectivity index (χ0v) is 17.6. The molecule has 0 radical (unpaired) electrons. The SMILES string of the molecule is CCc1cccc(-c2ccc(-c3cnc4[nH]ccc4n3)c(F)c2)c1CC.N[SH](=O)=O. The van der Waals surface area contributed by atoms with Gasteiger partial charge in [-0.3, -0.25) is 0 Å². The number of fused-ring (bicyclic) bond motifs is 1. The number of hydrogen-bond donors (Lipinski definition) is 3. The highest BCUT2D eigenvalue weighted by Gasteiger charge is 2.13. The van der Waals surface area contributed by atoms with Gasteiger partial charge in [-0.1, -0.05) is 38.1 Å². The van der Waals surface area contributed by atoms with E-state index in [1.165, 1.54) is 11.1 Å². The van der Waals surface area contributed by atoms with E-state index in [0.29, 0.717) is 16.9 Å². The van der Waals surface area contributed by atoms with Gasteiger partial charge in [0, 0.05) is 11.8 Å². The summed E-state index contributed by atoms with van der Waals surface area (Å²) in [5.41, 5.74) is 7.05.